The van der Waals surface area contributed by atoms with Gasteiger partial charge in [0.25, 0.3) is 0 Å². The van der Waals surface area contributed by atoms with Gasteiger partial charge in [-0.05, 0) is 13.0 Å². The lowest BCUT2D eigenvalue weighted by atomic mass is 10.1. The summed E-state index contributed by atoms with van der Waals surface area (Å²) in [4.78, 5) is 7.96. The van der Waals surface area contributed by atoms with E-state index in [4.69, 9.17) is 4.74 Å². The Hall–Kier alpha value is -0.870. The van der Waals surface area contributed by atoms with E-state index in [-0.39, 0.29) is 12.4 Å². The molecule has 1 aliphatic rings. The van der Waals surface area contributed by atoms with E-state index < -0.39 is 0 Å². The van der Waals surface area contributed by atoms with Crippen molar-refractivity contribution in [2.45, 2.75) is 6.42 Å². The van der Waals surface area contributed by atoms with Gasteiger partial charge in [-0.3, -0.25) is 4.98 Å². The second-order valence-electron chi connectivity index (χ2n) is 3.21. The molecule has 1 aromatic heterocycles. The van der Waals surface area contributed by atoms with Crippen LogP contribution in [0.5, 0.6) is 5.88 Å². The number of hydrogen-bond acceptors (Lipinski definition) is 4. The maximum absolute atomic E-state index is 5.48. The third-order valence-electron chi connectivity index (χ3n) is 2.17. The summed E-state index contributed by atoms with van der Waals surface area (Å²) in [6, 6.07) is 0. The van der Waals surface area contributed by atoms with Gasteiger partial charge < -0.3 is 10.1 Å². The Kier molecular flexibility index (Phi) is 4.62. The Balaban J connectivity index is 0.000000980. The Labute approximate surface area is 89.5 Å². The second-order valence-corrected chi connectivity index (χ2v) is 3.21. The first-order chi connectivity index (χ1) is 6.45. The molecule has 1 N–H and O–H groups in total. The standard InChI is InChI=1S/C9H13N3O.ClH/c1-2-10-5-8(1)7-13-9-6-11-3-4-12-9;/h3-4,6,8,10H,1-2,5,7H2;1H. The molecule has 0 bridgehead atoms. The van der Waals surface area contributed by atoms with Crippen molar-refractivity contribution in [1.29, 1.82) is 0 Å². The van der Waals surface area contributed by atoms with E-state index in [1.165, 1.54) is 6.42 Å². The van der Waals surface area contributed by atoms with Crippen LogP contribution in [-0.2, 0) is 0 Å². The zero-order valence-corrected chi connectivity index (χ0v) is 8.67. The lowest BCUT2D eigenvalue weighted by Crippen LogP contribution is -2.15. The van der Waals surface area contributed by atoms with Crippen LogP contribution in [0.3, 0.4) is 0 Å². The van der Waals surface area contributed by atoms with Crippen molar-refractivity contribution in [2.24, 2.45) is 5.92 Å². The van der Waals surface area contributed by atoms with Crippen LogP contribution in [0.25, 0.3) is 0 Å². The quantitative estimate of drug-likeness (QED) is 0.814. The molecule has 14 heavy (non-hydrogen) atoms. The van der Waals surface area contributed by atoms with Gasteiger partial charge in [-0.2, -0.15) is 0 Å². The number of nitrogens with zero attached hydrogens (tertiary/aromatic N) is 2. The van der Waals surface area contributed by atoms with Crippen LogP contribution < -0.4 is 10.1 Å². The van der Waals surface area contributed by atoms with Gasteiger partial charge in [0.1, 0.15) is 0 Å². The Morgan fingerprint density at radius 3 is 3.07 bits per heavy atom. The SMILES string of the molecule is Cl.c1cnc(OCC2CCNC2)cn1. The van der Waals surface area contributed by atoms with Gasteiger partial charge in [0.15, 0.2) is 0 Å². The molecule has 0 amide bonds. The number of rotatable bonds is 3. The maximum Gasteiger partial charge on any atom is 0.232 e. The molecule has 0 spiro atoms. The molecule has 4 nitrogen and oxygen atoms in total. The fourth-order valence-electron chi connectivity index (χ4n) is 1.42. The van der Waals surface area contributed by atoms with Gasteiger partial charge in [-0.1, -0.05) is 0 Å². The molecule has 78 valence electrons. The molecule has 5 heteroatoms. The van der Waals surface area contributed by atoms with Gasteiger partial charge in [0.2, 0.25) is 5.88 Å². The van der Waals surface area contributed by atoms with Crippen molar-refractivity contribution < 1.29 is 4.74 Å². The summed E-state index contributed by atoms with van der Waals surface area (Å²) in [6.45, 7) is 2.90. The second kappa shape index (κ2) is 5.78. The van der Waals surface area contributed by atoms with Crippen LogP contribution in [0.1, 0.15) is 6.42 Å². The highest BCUT2D eigenvalue weighted by Gasteiger charge is 2.14. The number of aromatic nitrogens is 2. The first-order valence-corrected chi connectivity index (χ1v) is 4.54. The van der Waals surface area contributed by atoms with Gasteiger partial charge in [0, 0.05) is 24.9 Å². The van der Waals surface area contributed by atoms with Crippen molar-refractivity contribution >= 4 is 12.4 Å². The Morgan fingerprint density at radius 1 is 1.50 bits per heavy atom. The molecule has 1 aliphatic heterocycles. The van der Waals surface area contributed by atoms with Crippen LogP contribution in [0.15, 0.2) is 18.6 Å². The monoisotopic (exact) mass is 215 g/mol. The van der Waals surface area contributed by atoms with Gasteiger partial charge >= 0.3 is 0 Å². The summed E-state index contributed by atoms with van der Waals surface area (Å²) in [7, 11) is 0. The molecule has 0 aliphatic carbocycles. The highest BCUT2D eigenvalue weighted by Crippen LogP contribution is 2.09. The Morgan fingerprint density at radius 2 is 2.43 bits per heavy atom. The summed E-state index contributed by atoms with van der Waals surface area (Å²) < 4.78 is 5.48. The lowest BCUT2D eigenvalue weighted by Gasteiger charge is -2.08. The van der Waals surface area contributed by atoms with Crippen LogP contribution in [-0.4, -0.2) is 29.7 Å². The van der Waals surface area contributed by atoms with Crippen molar-refractivity contribution in [3.8, 4) is 5.88 Å². The van der Waals surface area contributed by atoms with Crippen molar-refractivity contribution in [3.05, 3.63) is 18.6 Å². The zero-order chi connectivity index (χ0) is 8.93. The summed E-state index contributed by atoms with van der Waals surface area (Å²) in [6.07, 6.45) is 6.12. The summed E-state index contributed by atoms with van der Waals surface area (Å²) >= 11 is 0. The van der Waals surface area contributed by atoms with Gasteiger partial charge in [0.05, 0.1) is 12.8 Å². The fourth-order valence-corrected chi connectivity index (χ4v) is 1.42. The van der Waals surface area contributed by atoms with Crippen molar-refractivity contribution in [2.75, 3.05) is 19.7 Å². The smallest absolute Gasteiger partial charge is 0.232 e. The minimum absolute atomic E-state index is 0. The predicted octanol–water partition coefficient (Wildman–Crippen LogP) is 0.887. The van der Waals surface area contributed by atoms with Crippen LogP contribution in [0, 0.1) is 5.92 Å². The van der Waals surface area contributed by atoms with E-state index >= 15 is 0 Å². The van der Waals surface area contributed by atoms with E-state index in [0.717, 1.165) is 19.7 Å². The van der Waals surface area contributed by atoms with Crippen LogP contribution in [0.2, 0.25) is 0 Å². The molecule has 2 rings (SSSR count). The Bertz CT molecular complexity index is 251. The normalized spacial score (nSPS) is 20.1. The van der Waals surface area contributed by atoms with Gasteiger partial charge in [-0.15, -0.1) is 12.4 Å². The van der Waals surface area contributed by atoms with Crippen molar-refractivity contribution in [1.82, 2.24) is 15.3 Å². The average Bonchev–Trinajstić information content (AvgIpc) is 2.69. The van der Waals surface area contributed by atoms with E-state index in [2.05, 4.69) is 15.3 Å². The number of hydrogen-bond donors (Lipinski definition) is 1. The molecule has 1 aromatic rings. The molecule has 2 heterocycles. The summed E-state index contributed by atoms with van der Waals surface area (Å²) in [5.41, 5.74) is 0. The average molecular weight is 216 g/mol. The molecular weight excluding hydrogens is 202 g/mol. The molecule has 0 saturated carbocycles. The minimum Gasteiger partial charge on any atom is -0.476 e. The fraction of sp³-hybridized carbons (Fsp3) is 0.556. The molecule has 0 aromatic carbocycles. The third-order valence-corrected chi connectivity index (χ3v) is 2.17. The first kappa shape index (κ1) is 11.2. The number of nitrogens with one attached hydrogen (secondary N) is 1. The van der Waals surface area contributed by atoms with E-state index in [0.29, 0.717) is 11.8 Å². The van der Waals surface area contributed by atoms with Crippen LogP contribution >= 0.6 is 12.4 Å². The van der Waals surface area contributed by atoms with Gasteiger partial charge in [-0.25, -0.2) is 4.98 Å². The molecule has 0 radical (unpaired) electrons. The molecule has 1 saturated heterocycles. The van der Waals surface area contributed by atoms with E-state index in [1.54, 1.807) is 18.6 Å². The molecule has 1 fully saturated rings. The zero-order valence-electron chi connectivity index (χ0n) is 7.85. The summed E-state index contributed by atoms with van der Waals surface area (Å²) in [5, 5.41) is 3.29. The third kappa shape index (κ3) is 3.12. The lowest BCUT2D eigenvalue weighted by molar-refractivity contribution is 0.250. The molecule has 1 atom stereocenters. The highest BCUT2D eigenvalue weighted by atomic mass is 35.5. The predicted molar refractivity (Wildman–Crippen MR) is 55.8 cm³/mol. The maximum atomic E-state index is 5.48. The van der Waals surface area contributed by atoms with E-state index in [1.807, 2.05) is 0 Å². The minimum atomic E-state index is 0. The highest BCUT2D eigenvalue weighted by molar-refractivity contribution is 5.85. The topological polar surface area (TPSA) is 47.0 Å². The van der Waals surface area contributed by atoms with Crippen LogP contribution in [0.4, 0.5) is 0 Å². The number of halogens is 1. The molecular formula is C9H14ClN3O. The number of ether oxygens (including phenoxy) is 1. The first-order valence-electron chi connectivity index (χ1n) is 4.54. The largest absolute Gasteiger partial charge is 0.476 e. The summed E-state index contributed by atoms with van der Waals surface area (Å²) in [5.74, 6) is 1.25. The molecule has 1 unspecified atom stereocenters. The van der Waals surface area contributed by atoms with Crippen molar-refractivity contribution in [3.63, 3.8) is 0 Å². The van der Waals surface area contributed by atoms with E-state index in [9.17, 15) is 0 Å².